The number of carbonyl (C=O) groups is 3. The topological polar surface area (TPSA) is 103 Å². The van der Waals surface area contributed by atoms with Crippen LogP contribution in [0.5, 0.6) is 0 Å². The fourth-order valence-corrected chi connectivity index (χ4v) is 5.70. The number of piperazine rings is 1. The number of urea groups is 1. The molecule has 0 atom stereocenters. The van der Waals surface area contributed by atoms with Crippen LogP contribution >= 0.6 is 11.3 Å². The number of thiophene rings is 1. The Bertz CT molecular complexity index is 1210. The number of benzene rings is 1. The van der Waals surface area contributed by atoms with Crippen LogP contribution in [0.15, 0.2) is 24.3 Å². The Morgan fingerprint density at radius 1 is 1.11 bits per heavy atom. The maximum absolute atomic E-state index is 13.7. The Kier molecular flexibility index (Phi) is 8.15. The quantitative estimate of drug-likeness (QED) is 0.527. The number of carbonyl (C=O) groups excluding carboxylic acids is 3. The van der Waals surface area contributed by atoms with Gasteiger partial charge in [-0.2, -0.15) is 0 Å². The third kappa shape index (κ3) is 6.19. The molecular formula is C28H39N5O4S. The number of nitrogens with zero attached hydrogens (tertiary/aromatic N) is 2. The van der Waals surface area contributed by atoms with Crippen molar-refractivity contribution in [2.24, 2.45) is 0 Å². The van der Waals surface area contributed by atoms with Crippen molar-refractivity contribution in [3.63, 3.8) is 0 Å². The van der Waals surface area contributed by atoms with Crippen molar-refractivity contribution in [2.45, 2.75) is 59.0 Å². The molecule has 4 rings (SSSR count). The van der Waals surface area contributed by atoms with Crippen LogP contribution < -0.4 is 16.0 Å². The summed E-state index contributed by atoms with van der Waals surface area (Å²) < 4.78 is 5.45. The SMILES string of the molecule is Cc1ccc(NC(=O)Nc2sc(C(C)(C)C)cc2C(=O)N2CCNC(=O)C2(C)C)cc1CN1CCOCC1. The highest BCUT2D eigenvalue weighted by atomic mass is 32.1. The van der Waals surface area contributed by atoms with Crippen molar-refractivity contribution in [3.05, 3.63) is 45.8 Å². The van der Waals surface area contributed by atoms with E-state index < -0.39 is 11.6 Å². The number of ether oxygens (including phenoxy) is 1. The number of amides is 4. The Balaban J connectivity index is 1.54. The molecule has 10 heteroatoms. The summed E-state index contributed by atoms with van der Waals surface area (Å²) in [5, 5.41) is 9.15. The maximum Gasteiger partial charge on any atom is 0.324 e. The van der Waals surface area contributed by atoms with E-state index >= 15 is 0 Å². The number of morpholine rings is 1. The molecule has 9 nitrogen and oxygen atoms in total. The van der Waals surface area contributed by atoms with Crippen LogP contribution in [0.2, 0.25) is 0 Å². The minimum Gasteiger partial charge on any atom is -0.379 e. The molecule has 3 heterocycles. The predicted molar refractivity (Wildman–Crippen MR) is 151 cm³/mol. The van der Waals surface area contributed by atoms with Crippen molar-refractivity contribution in [1.29, 1.82) is 0 Å². The van der Waals surface area contributed by atoms with E-state index in [1.165, 1.54) is 11.3 Å². The molecule has 0 bridgehead atoms. The second-order valence-electron chi connectivity index (χ2n) is 11.5. The zero-order chi connectivity index (χ0) is 27.7. The van der Waals surface area contributed by atoms with Crippen LogP contribution in [0, 0.1) is 6.92 Å². The first kappa shape index (κ1) is 28.1. The first-order valence-electron chi connectivity index (χ1n) is 13.1. The largest absolute Gasteiger partial charge is 0.379 e. The zero-order valence-electron chi connectivity index (χ0n) is 23.2. The van der Waals surface area contributed by atoms with E-state index in [1.807, 2.05) is 24.3 Å². The van der Waals surface area contributed by atoms with Gasteiger partial charge in [0.2, 0.25) is 5.91 Å². The second-order valence-corrected chi connectivity index (χ2v) is 12.5. The van der Waals surface area contributed by atoms with Gasteiger partial charge in [-0.25, -0.2) is 4.79 Å². The third-order valence-corrected chi connectivity index (χ3v) is 8.61. The molecule has 2 aliphatic rings. The van der Waals surface area contributed by atoms with Crippen LogP contribution in [-0.4, -0.2) is 72.6 Å². The van der Waals surface area contributed by atoms with Crippen molar-refractivity contribution in [1.82, 2.24) is 15.1 Å². The van der Waals surface area contributed by atoms with E-state index in [2.05, 4.69) is 48.5 Å². The molecule has 4 amide bonds. The van der Waals surface area contributed by atoms with Crippen LogP contribution in [0.4, 0.5) is 15.5 Å². The predicted octanol–water partition coefficient (Wildman–Crippen LogP) is 4.18. The summed E-state index contributed by atoms with van der Waals surface area (Å²) in [7, 11) is 0. The van der Waals surface area contributed by atoms with Gasteiger partial charge in [-0.3, -0.25) is 19.8 Å². The molecule has 2 fully saturated rings. The monoisotopic (exact) mass is 541 g/mol. The van der Waals surface area contributed by atoms with E-state index in [9.17, 15) is 14.4 Å². The van der Waals surface area contributed by atoms with Crippen molar-refractivity contribution in [2.75, 3.05) is 50.0 Å². The molecule has 206 valence electrons. The smallest absolute Gasteiger partial charge is 0.324 e. The highest BCUT2D eigenvalue weighted by molar-refractivity contribution is 7.16. The molecule has 3 N–H and O–H groups in total. The molecule has 1 aromatic carbocycles. The molecule has 0 spiro atoms. The summed E-state index contributed by atoms with van der Waals surface area (Å²) in [6.07, 6.45) is 0. The van der Waals surface area contributed by atoms with Gasteiger partial charge in [-0.1, -0.05) is 26.8 Å². The third-order valence-electron chi connectivity index (χ3n) is 7.13. The van der Waals surface area contributed by atoms with Crippen LogP contribution in [0.1, 0.15) is 61.0 Å². The van der Waals surface area contributed by atoms with Crippen molar-refractivity contribution < 1.29 is 19.1 Å². The summed E-state index contributed by atoms with van der Waals surface area (Å²) in [5.74, 6) is -0.460. The lowest BCUT2D eigenvalue weighted by atomic mass is 9.93. The van der Waals surface area contributed by atoms with E-state index in [0.29, 0.717) is 29.3 Å². The molecule has 2 saturated heterocycles. The number of aryl methyl sites for hydroxylation is 1. The molecule has 0 unspecified atom stereocenters. The normalized spacial score (nSPS) is 18.2. The highest BCUT2D eigenvalue weighted by Crippen LogP contribution is 2.38. The highest BCUT2D eigenvalue weighted by Gasteiger charge is 2.42. The fourth-order valence-electron chi connectivity index (χ4n) is 4.60. The van der Waals surface area contributed by atoms with Gasteiger partial charge in [-0.15, -0.1) is 11.3 Å². The van der Waals surface area contributed by atoms with E-state index in [4.69, 9.17) is 4.74 Å². The van der Waals surface area contributed by atoms with Gasteiger partial charge >= 0.3 is 6.03 Å². The lowest BCUT2D eigenvalue weighted by molar-refractivity contribution is -0.133. The Labute approximate surface area is 228 Å². The van der Waals surface area contributed by atoms with E-state index in [-0.39, 0.29) is 17.2 Å². The number of anilines is 2. The minimum atomic E-state index is -0.989. The molecule has 2 aromatic rings. The number of hydrogen-bond donors (Lipinski definition) is 3. The Morgan fingerprint density at radius 2 is 1.82 bits per heavy atom. The first-order chi connectivity index (χ1) is 17.9. The van der Waals surface area contributed by atoms with Gasteiger partial charge in [0, 0.05) is 43.3 Å². The van der Waals surface area contributed by atoms with Crippen LogP contribution in [0.25, 0.3) is 0 Å². The summed E-state index contributed by atoms with van der Waals surface area (Å²) in [5.41, 5.74) is 2.20. The van der Waals surface area contributed by atoms with Crippen molar-refractivity contribution >= 4 is 39.9 Å². The average Bonchev–Trinajstić information content (AvgIpc) is 3.27. The number of hydrogen-bond acceptors (Lipinski definition) is 6. The summed E-state index contributed by atoms with van der Waals surface area (Å²) in [6, 6.07) is 7.32. The van der Waals surface area contributed by atoms with E-state index in [1.54, 1.807) is 18.7 Å². The fraction of sp³-hybridized carbons (Fsp3) is 0.536. The first-order valence-corrected chi connectivity index (χ1v) is 13.9. The Hall–Kier alpha value is -2.95. The van der Waals surface area contributed by atoms with Gasteiger partial charge in [0.15, 0.2) is 0 Å². The summed E-state index contributed by atoms with van der Waals surface area (Å²) in [6.45, 7) is 16.6. The van der Waals surface area contributed by atoms with Crippen LogP contribution in [-0.2, 0) is 21.5 Å². The van der Waals surface area contributed by atoms with Crippen LogP contribution in [0.3, 0.4) is 0 Å². The maximum atomic E-state index is 13.7. The van der Waals surface area contributed by atoms with Gasteiger partial charge < -0.3 is 20.3 Å². The standard InChI is InChI=1S/C28H39N5O4S/c1-18-7-8-20(15-19(18)17-32-11-13-37-14-12-32)30-26(36)31-23-21(16-22(38-23)27(2,3)4)24(34)33-10-9-29-25(35)28(33,5)6/h7-8,15-16H,9-14,17H2,1-6H3,(H,29,35)(H2,30,31,36). The van der Waals surface area contributed by atoms with Gasteiger partial charge in [0.05, 0.1) is 18.8 Å². The molecule has 0 saturated carbocycles. The number of rotatable bonds is 5. The molecule has 1 aromatic heterocycles. The van der Waals surface area contributed by atoms with Crippen molar-refractivity contribution in [3.8, 4) is 0 Å². The zero-order valence-corrected chi connectivity index (χ0v) is 24.0. The molecule has 0 radical (unpaired) electrons. The Morgan fingerprint density at radius 3 is 2.50 bits per heavy atom. The van der Waals surface area contributed by atoms with Gasteiger partial charge in [0.25, 0.3) is 5.91 Å². The summed E-state index contributed by atoms with van der Waals surface area (Å²) in [4.78, 5) is 44.2. The average molecular weight is 542 g/mol. The van der Waals surface area contributed by atoms with Gasteiger partial charge in [-0.05, 0) is 55.5 Å². The molecule has 0 aliphatic carbocycles. The molecule has 2 aliphatic heterocycles. The second kappa shape index (κ2) is 11.0. The summed E-state index contributed by atoms with van der Waals surface area (Å²) >= 11 is 1.39. The van der Waals surface area contributed by atoms with E-state index in [0.717, 1.165) is 48.9 Å². The molecule has 38 heavy (non-hydrogen) atoms. The minimum absolute atomic E-state index is 0.192. The van der Waals surface area contributed by atoms with Gasteiger partial charge in [0.1, 0.15) is 10.5 Å². The lowest BCUT2D eigenvalue weighted by Gasteiger charge is -2.41. The number of nitrogens with one attached hydrogen (secondary N) is 3. The molecular weight excluding hydrogens is 502 g/mol. The lowest BCUT2D eigenvalue weighted by Crippen LogP contribution is -2.63.